The molecule has 0 aromatic carbocycles. The summed E-state index contributed by atoms with van der Waals surface area (Å²) in [4.78, 5) is 11.8. The van der Waals surface area contributed by atoms with Gasteiger partial charge >= 0.3 is 0 Å². The second-order valence-corrected chi connectivity index (χ2v) is 3.86. The van der Waals surface area contributed by atoms with Gasteiger partial charge in [-0.05, 0) is 33.8 Å². The van der Waals surface area contributed by atoms with Gasteiger partial charge in [-0.15, -0.1) is 11.3 Å². The minimum Gasteiger partial charge on any atom is -0.324 e. The summed E-state index contributed by atoms with van der Waals surface area (Å²) in [6, 6.07) is 0. The molecule has 60 valence electrons. The number of rotatable bonds is 2. The van der Waals surface area contributed by atoms with Crippen molar-refractivity contribution in [3.63, 3.8) is 0 Å². The Morgan fingerprint density at radius 2 is 2.45 bits per heavy atom. The molecule has 4 heteroatoms. The Labute approximate surface area is 77.5 Å². The Kier molecular flexibility index (Phi) is 2.81. The van der Waals surface area contributed by atoms with Crippen LogP contribution < -0.4 is 5.73 Å². The molecule has 1 aromatic rings. The van der Waals surface area contributed by atoms with E-state index >= 15 is 0 Å². The standard InChI is InChI=1S/C7H8BrNOS/c1-4-3-11-7(6(4)8)5(10)2-9/h3H,2,9H2,1H3. The third-order valence-electron chi connectivity index (χ3n) is 1.34. The average Bonchev–Trinajstić information content (AvgIpc) is 2.32. The lowest BCUT2D eigenvalue weighted by Crippen LogP contribution is -2.12. The maximum atomic E-state index is 11.1. The molecule has 0 fully saturated rings. The van der Waals surface area contributed by atoms with Gasteiger partial charge in [0.05, 0.1) is 11.4 Å². The zero-order valence-corrected chi connectivity index (χ0v) is 8.46. The molecule has 0 spiro atoms. The van der Waals surface area contributed by atoms with E-state index in [1.165, 1.54) is 11.3 Å². The van der Waals surface area contributed by atoms with Gasteiger partial charge in [0.15, 0.2) is 5.78 Å². The average molecular weight is 234 g/mol. The van der Waals surface area contributed by atoms with Crippen molar-refractivity contribution >= 4 is 33.0 Å². The maximum absolute atomic E-state index is 11.1. The Morgan fingerprint density at radius 3 is 2.82 bits per heavy atom. The molecule has 11 heavy (non-hydrogen) atoms. The molecule has 2 N–H and O–H groups in total. The van der Waals surface area contributed by atoms with E-state index in [9.17, 15) is 4.79 Å². The van der Waals surface area contributed by atoms with Crippen LogP contribution in [0.2, 0.25) is 0 Å². The van der Waals surface area contributed by atoms with E-state index in [2.05, 4.69) is 15.9 Å². The van der Waals surface area contributed by atoms with E-state index < -0.39 is 0 Å². The minimum absolute atomic E-state index is 0.00465. The number of thiophene rings is 1. The van der Waals surface area contributed by atoms with Crippen LogP contribution in [0.4, 0.5) is 0 Å². The third kappa shape index (κ3) is 1.69. The number of ketones is 1. The zero-order chi connectivity index (χ0) is 8.43. The molecule has 0 unspecified atom stereocenters. The highest BCUT2D eigenvalue weighted by Crippen LogP contribution is 2.27. The molecule has 1 aromatic heterocycles. The highest BCUT2D eigenvalue weighted by Gasteiger charge is 2.11. The molecule has 1 heterocycles. The molecule has 2 nitrogen and oxygen atoms in total. The van der Waals surface area contributed by atoms with Gasteiger partial charge in [-0.25, -0.2) is 0 Å². The molecule has 0 aliphatic rings. The van der Waals surface area contributed by atoms with Gasteiger partial charge in [0.1, 0.15) is 0 Å². The first kappa shape index (κ1) is 8.90. The predicted molar refractivity (Wildman–Crippen MR) is 50.1 cm³/mol. The topological polar surface area (TPSA) is 43.1 Å². The first-order valence-corrected chi connectivity index (χ1v) is 4.81. The number of hydrogen-bond acceptors (Lipinski definition) is 3. The smallest absolute Gasteiger partial charge is 0.187 e. The van der Waals surface area contributed by atoms with E-state index in [1.807, 2.05) is 12.3 Å². The van der Waals surface area contributed by atoms with Crippen molar-refractivity contribution in [3.8, 4) is 0 Å². The van der Waals surface area contributed by atoms with E-state index in [0.717, 1.165) is 14.9 Å². The Morgan fingerprint density at radius 1 is 1.82 bits per heavy atom. The van der Waals surface area contributed by atoms with Crippen molar-refractivity contribution in [3.05, 3.63) is 20.3 Å². The van der Waals surface area contributed by atoms with Gasteiger partial charge in [-0.3, -0.25) is 4.79 Å². The van der Waals surface area contributed by atoms with Gasteiger partial charge in [-0.1, -0.05) is 0 Å². The summed E-state index contributed by atoms with van der Waals surface area (Å²) in [6.45, 7) is 2.03. The van der Waals surface area contributed by atoms with Crippen LogP contribution in [0.3, 0.4) is 0 Å². The van der Waals surface area contributed by atoms with Crippen LogP contribution >= 0.6 is 27.3 Å². The molecule has 1 rings (SSSR count). The van der Waals surface area contributed by atoms with E-state index in [4.69, 9.17) is 5.73 Å². The highest BCUT2D eigenvalue weighted by atomic mass is 79.9. The van der Waals surface area contributed by atoms with Gasteiger partial charge in [-0.2, -0.15) is 0 Å². The number of halogens is 1. The van der Waals surface area contributed by atoms with E-state index in [1.54, 1.807) is 0 Å². The number of carbonyl (C=O) groups excluding carboxylic acids is 1. The SMILES string of the molecule is Cc1csc(C(=O)CN)c1Br. The van der Waals surface area contributed by atoms with Crippen LogP contribution in [0.25, 0.3) is 0 Å². The normalized spacial score (nSPS) is 10.1. The molecule has 0 saturated carbocycles. The predicted octanol–water partition coefficient (Wildman–Crippen LogP) is 1.96. The fourth-order valence-electron chi connectivity index (χ4n) is 0.711. The molecular weight excluding hydrogens is 226 g/mol. The molecule has 0 saturated heterocycles. The number of carbonyl (C=O) groups is 1. The molecule has 0 bridgehead atoms. The van der Waals surface area contributed by atoms with Crippen LogP contribution in [0.5, 0.6) is 0 Å². The second kappa shape index (κ2) is 3.47. The molecule has 0 aliphatic heterocycles. The van der Waals surface area contributed by atoms with Gasteiger partial charge < -0.3 is 5.73 Å². The molecule has 0 aliphatic carbocycles. The van der Waals surface area contributed by atoms with Crippen molar-refractivity contribution in [2.24, 2.45) is 5.73 Å². The Balaban J connectivity index is 3.04. The summed E-state index contributed by atoms with van der Waals surface area (Å²) in [7, 11) is 0. The molecular formula is C7H8BrNOS. The summed E-state index contributed by atoms with van der Waals surface area (Å²) < 4.78 is 0.887. The van der Waals surface area contributed by atoms with E-state index in [-0.39, 0.29) is 12.3 Å². The lowest BCUT2D eigenvalue weighted by Gasteiger charge is -1.92. The third-order valence-corrected chi connectivity index (χ3v) is 3.76. The number of nitrogens with two attached hydrogens (primary N) is 1. The molecule has 0 radical (unpaired) electrons. The first-order valence-electron chi connectivity index (χ1n) is 3.13. The van der Waals surface area contributed by atoms with Crippen LogP contribution in [0.15, 0.2) is 9.85 Å². The summed E-state index contributed by atoms with van der Waals surface area (Å²) in [5.74, 6) is -0.00465. The lowest BCUT2D eigenvalue weighted by molar-refractivity contribution is 0.100. The highest BCUT2D eigenvalue weighted by molar-refractivity contribution is 9.10. The number of aryl methyl sites for hydroxylation is 1. The van der Waals surface area contributed by atoms with Crippen LogP contribution in [-0.2, 0) is 0 Å². The Hall–Kier alpha value is -0.190. The fraction of sp³-hybridized carbons (Fsp3) is 0.286. The van der Waals surface area contributed by atoms with Crippen LogP contribution in [0.1, 0.15) is 15.2 Å². The van der Waals surface area contributed by atoms with Crippen LogP contribution in [-0.4, -0.2) is 12.3 Å². The monoisotopic (exact) mass is 233 g/mol. The second-order valence-electron chi connectivity index (χ2n) is 2.19. The quantitative estimate of drug-likeness (QED) is 0.795. The van der Waals surface area contributed by atoms with Gasteiger partial charge in [0.25, 0.3) is 0 Å². The van der Waals surface area contributed by atoms with Gasteiger partial charge in [0.2, 0.25) is 0 Å². The lowest BCUT2D eigenvalue weighted by atomic mass is 10.3. The molecule has 0 amide bonds. The Bertz CT molecular complexity index is 282. The summed E-state index contributed by atoms with van der Waals surface area (Å²) in [5, 5.41) is 1.94. The summed E-state index contributed by atoms with van der Waals surface area (Å²) in [6.07, 6.45) is 0. The largest absolute Gasteiger partial charge is 0.324 e. The maximum Gasteiger partial charge on any atom is 0.187 e. The number of Topliss-reactive ketones (excluding diaryl/α,β-unsaturated/α-hetero) is 1. The molecule has 0 atom stereocenters. The zero-order valence-electron chi connectivity index (χ0n) is 6.06. The van der Waals surface area contributed by atoms with Crippen molar-refractivity contribution in [1.29, 1.82) is 0 Å². The minimum atomic E-state index is -0.00465. The number of hydrogen-bond donors (Lipinski definition) is 1. The van der Waals surface area contributed by atoms with Crippen molar-refractivity contribution < 1.29 is 4.79 Å². The van der Waals surface area contributed by atoms with Crippen LogP contribution in [0, 0.1) is 6.92 Å². The fourth-order valence-corrected chi connectivity index (χ4v) is 2.37. The van der Waals surface area contributed by atoms with Crippen molar-refractivity contribution in [2.45, 2.75) is 6.92 Å². The van der Waals surface area contributed by atoms with E-state index in [0.29, 0.717) is 0 Å². The summed E-state index contributed by atoms with van der Waals surface area (Å²) in [5.41, 5.74) is 6.31. The van der Waals surface area contributed by atoms with Crippen molar-refractivity contribution in [2.75, 3.05) is 6.54 Å². The summed E-state index contributed by atoms with van der Waals surface area (Å²) >= 11 is 4.76. The van der Waals surface area contributed by atoms with Gasteiger partial charge in [0, 0.05) is 4.47 Å². The van der Waals surface area contributed by atoms with Crippen molar-refractivity contribution in [1.82, 2.24) is 0 Å². The first-order chi connectivity index (χ1) is 5.16.